The van der Waals surface area contributed by atoms with Crippen LogP contribution in [-0.4, -0.2) is 34.9 Å². The van der Waals surface area contributed by atoms with Gasteiger partial charge in [0, 0.05) is 17.6 Å². The normalized spacial score (nSPS) is 18.1. The first-order valence-electron chi connectivity index (χ1n) is 4.77. The molecule has 16 heavy (non-hydrogen) atoms. The number of carbonyl (C=O) groups is 2. The van der Waals surface area contributed by atoms with Crippen LogP contribution in [0, 0.1) is 0 Å². The Morgan fingerprint density at radius 2 is 1.94 bits per heavy atom. The van der Waals surface area contributed by atoms with E-state index in [0.29, 0.717) is 18.6 Å². The third kappa shape index (κ3) is 6.78. The molecule has 0 saturated carbocycles. The standard InChI is InChI=1S/C6H8O3.C5H8O2/c1-4(6(7)8)2-5-3-9-5;1-3-4(2)5(6)7/h5H,1-3H2,(H,7,8);3H,1-2H3,(H,6,7)/b;4-3+. The van der Waals surface area contributed by atoms with Gasteiger partial charge in [-0.15, -0.1) is 0 Å². The topological polar surface area (TPSA) is 87.1 Å². The molecule has 0 aliphatic carbocycles. The van der Waals surface area contributed by atoms with Gasteiger partial charge in [0.25, 0.3) is 0 Å². The molecule has 1 heterocycles. The fourth-order valence-corrected chi connectivity index (χ4v) is 0.672. The number of hydrogen-bond donors (Lipinski definition) is 2. The predicted octanol–water partition coefficient (Wildman–Crippen LogP) is 1.45. The van der Waals surface area contributed by atoms with Crippen LogP contribution in [0.15, 0.2) is 23.8 Å². The maximum absolute atomic E-state index is 10.1. The van der Waals surface area contributed by atoms with E-state index in [-0.39, 0.29) is 11.7 Å². The average molecular weight is 228 g/mol. The highest BCUT2D eigenvalue weighted by atomic mass is 16.6. The van der Waals surface area contributed by atoms with E-state index in [1.54, 1.807) is 19.9 Å². The number of ether oxygens (including phenoxy) is 1. The summed E-state index contributed by atoms with van der Waals surface area (Å²) in [5, 5.41) is 16.4. The zero-order valence-electron chi connectivity index (χ0n) is 9.40. The van der Waals surface area contributed by atoms with Crippen LogP contribution < -0.4 is 0 Å². The lowest BCUT2D eigenvalue weighted by atomic mass is 10.2. The molecular formula is C11H16O5. The van der Waals surface area contributed by atoms with Gasteiger partial charge in [0.15, 0.2) is 0 Å². The molecule has 5 heteroatoms. The van der Waals surface area contributed by atoms with Crippen molar-refractivity contribution in [2.75, 3.05) is 6.61 Å². The molecule has 1 unspecified atom stereocenters. The third-order valence-electron chi connectivity index (χ3n) is 1.95. The third-order valence-corrected chi connectivity index (χ3v) is 1.95. The molecule has 0 bridgehead atoms. The molecule has 90 valence electrons. The summed E-state index contributed by atoms with van der Waals surface area (Å²) in [6, 6.07) is 0. The minimum absolute atomic E-state index is 0.133. The van der Waals surface area contributed by atoms with Gasteiger partial charge in [0.2, 0.25) is 0 Å². The Morgan fingerprint density at radius 3 is 2.12 bits per heavy atom. The number of carboxylic acid groups (broad SMARTS) is 2. The summed E-state index contributed by atoms with van der Waals surface area (Å²) in [7, 11) is 0. The van der Waals surface area contributed by atoms with Gasteiger partial charge in [0.1, 0.15) is 0 Å². The van der Waals surface area contributed by atoms with Gasteiger partial charge in [0.05, 0.1) is 12.7 Å². The second-order valence-electron chi connectivity index (χ2n) is 3.35. The highest BCUT2D eigenvalue weighted by Crippen LogP contribution is 2.17. The quantitative estimate of drug-likeness (QED) is 0.561. The monoisotopic (exact) mass is 228 g/mol. The van der Waals surface area contributed by atoms with Crippen molar-refractivity contribution in [3.05, 3.63) is 23.8 Å². The van der Waals surface area contributed by atoms with Crippen LogP contribution in [0.25, 0.3) is 0 Å². The highest BCUT2D eigenvalue weighted by molar-refractivity contribution is 5.86. The minimum Gasteiger partial charge on any atom is -0.478 e. The summed E-state index contributed by atoms with van der Waals surface area (Å²) in [6.07, 6.45) is 2.16. The molecule has 0 aromatic heterocycles. The van der Waals surface area contributed by atoms with Crippen molar-refractivity contribution in [1.82, 2.24) is 0 Å². The van der Waals surface area contributed by atoms with Gasteiger partial charge < -0.3 is 14.9 Å². The summed E-state index contributed by atoms with van der Waals surface area (Å²) in [4.78, 5) is 20.0. The lowest BCUT2D eigenvalue weighted by molar-refractivity contribution is -0.133. The van der Waals surface area contributed by atoms with E-state index in [1.807, 2.05) is 0 Å². The van der Waals surface area contributed by atoms with Crippen molar-refractivity contribution < 1.29 is 24.5 Å². The Labute approximate surface area is 94.0 Å². The Morgan fingerprint density at radius 1 is 1.44 bits per heavy atom. The van der Waals surface area contributed by atoms with E-state index in [4.69, 9.17) is 14.9 Å². The number of hydrogen-bond acceptors (Lipinski definition) is 3. The molecular weight excluding hydrogens is 212 g/mol. The van der Waals surface area contributed by atoms with Gasteiger partial charge in [-0.05, 0) is 13.8 Å². The lowest BCUT2D eigenvalue weighted by Crippen LogP contribution is -2.01. The maximum atomic E-state index is 10.1. The van der Waals surface area contributed by atoms with Gasteiger partial charge in [-0.2, -0.15) is 0 Å². The van der Waals surface area contributed by atoms with E-state index < -0.39 is 11.9 Å². The van der Waals surface area contributed by atoms with E-state index >= 15 is 0 Å². The fourth-order valence-electron chi connectivity index (χ4n) is 0.672. The first-order valence-corrected chi connectivity index (χ1v) is 4.77. The molecule has 0 aromatic rings. The molecule has 0 radical (unpaired) electrons. The maximum Gasteiger partial charge on any atom is 0.331 e. The Hall–Kier alpha value is -1.62. The van der Waals surface area contributed by atoms with Crippen LogP contribution in [0.3, 0.4) is 0 Å². The SMILES string of the molecule is C/C=C(\C)C(=O)O.C=C(CC1CO1)C(=O)O. The molecule has 1 aliphatic rings. The molecule has 1 saturated heterocycles. The fraction of sp³-hybridized carbons (Fsp3) is 0.455. The summed E-state index contributed by atoms with van der Waals surface area (Å²) in [6.45, 7) is 7.30. The summed E-state index contributed by atoms with van der Waals surface area (Å²) < 4.78 is 4.81. The average Bonchev–Trinajstić information content (AvgIpc) is 3.01. The van der Waals surface area contributed by atoms with E-state index in [0.717, 1.165) is 0 Å². The van der Waals surface area contributed by atoms with Crippen molar-refractivity contribution >= 4 is 11.9 Å². The highest BCUT2D eigenvalue weighted by Gasteiger charge is 2.24. The van der Waals surface area contributed by atoms with Gasteiger partial charge >= 0.3 is 11.9 Å². The van der Waals surface area contributed by atoms with Crippen molar-refractivity contribution in [3.8, 4) is 0 Å². The second kappa shape index (κ2) is 6.79. The van der Waals surface area contributed by atoms with Gasteiger partial charge in [-0.3, -0.25) is 0 Å². The van der Waals surface area contributed by atoms with Crippen molar-refractivity contribution in [3.63, 3.8) is 0 Å². The number of aliphatic carboxylic acids is 2. The van der Waals surface area contributed by atoms with Crippen LogP contribution in [0.2, 0.25) is 0 Å². The Balaban J connectivity index is 0.000000293. The van der Waals surface area contributed by atoms with E-state index in [1.165, 1.54) is 0 Å². The molecule has 0 spiro atoms. The summed E-state index contributed by atoms with van der Waals surface area (Å²) in [5.74, 6) is -1.77. The Bertz CT molecular complexity index is 312. The van der Waals surface area contributed by atoms with Crippen LogP contribution >= 0.6 is 0 Å². The molecule has 1 atom stereocenters. The smallest absolute Gasteiger partial charge is 0.331 e. The largest absolute Gasteiger partial charge is 0.478 e. The predicted molar refractivity (Wildman–Crippen MR) is 58.2 cm³/mol. The number of allylic oxidation sites excluding steroid dienone is 1. The number of epoxide rings is 1. The van der Waals surface area contributed by atoms with Crippen LogP contribution in [0.5, 0.6) is 0 Å². The van der Waals surface area contributed by atoms with Gasteiger partial charge in [-0.25, -0.2) is 9.59 Å². The minimum atomic E-state index is -0.925. The number of carboxylic acids is 2. The first kappa shape index (κ1) is 14.4. The molecule has 1 fully saturated rings. The summed E-state index contributed by atoms with van der Waals surface area (Å²) in [5.41, 5.74) is 0.623. The summed E-state index contributed by atoms with van der Waals surface area (Å²) >= 11 is 0. The Kier molecular flexibility index (Phi) is 6.10. The molecule has 0 aromatic carbocycles. The van der Waals surface area contributed by atoms with Crippen LogP contribution in [0.4, 0.5) is 0 Å². The lowest BCUT2D eigenvalue weighted by Gasteiger charge is -1.92. The molecule has 1 aliphatic heterocycles. The van der Waals surface area contributed by atoms with Crippen LogP contribution in [-0.2, 0) is 14.3 Å². The second-order valence-corrected chi connectivity index (χ2v) is 3.35. The van der Waals surface area contributed by atoms with E-state index in [9.17, 15) is 9.59 Å². The zero-order chi connectivity index (χ0) is 12.7. The molecule has 1 rings (SSSR count). The zero-order valence-corrected chi connectivity index (χ0v) is 9.40. The number of rotatable bonds is 4. The van der Waals surface area contributed by atoms with Gasteiger partial charge in [-0.1, -0.05) is 12.7 Å². The first-order chi connectivity index (χ1) is 7.38. The van der Waals surface area contributed by atoms with Crippen molar-refractivity contribution in [1.29, 1.82) is 0 Å². The molecule has 2 N–H and O–H groups in total. The van der Waals surface area contributed by atoms with Crippen LogP contribution in [0.1, 0.15) is 20.3 Å². The molecule has 0 amide bonds. The van der Waals surface area contributed by atoms with Crippen molar-refractivity contribution in [2.24, 2.45) is 0 Å². The van der Waals surface area contributed by atoms with E-state index in [2.05, 4.69) is 6.58 Å². The molecule has 5 nitrogen and oxygen atoms in total. The van der Waals surface area contributed by atoms with Crippen molar-refractivity contribution in [2.45, 2.75) is 26.4 Å².